The molecule has 0 rings (SSSR count). The molecule has 0 saturated heterocycles. The van der Waals surface area contributed by atoms with Crippen molar-refractivity contribution in [2.45, 2.75) is 219 Å². The fourth-order valence-corrected chi connectivity index (χ4v) is 8.13. The van der Waals surface area contributed by atoms with Gasteiger partial charge in [0.15, 0.2) is 0 Å². The highest BCUT2D eigenvalue weighted by molar-refractivity contribution is 8.76. The van der Waals surface area contributed by atoms with Crippen molar-refractivity contribution < 1.29 is 4.79 Å². The van der Waals surface area contributed by atoms with Gasteiger partial charge in [-0.1, -0.05) is 228 Å². The van der Waals surface area contributed by atoms with Gasteiger partial charge in [0, 0.05) is 25.4 Å². The smallest absolute Gasteiger partial charge is 0.233 e. The summed E-state index contributed by atoms with van der Waals surface area (Å²) < 4.78 is 0. The van der Waals surface area contributed by atoms with Gasteiger partial charge in [-0.25, -0.2) is 0 Å². The van der Waals surface area contributed by atoms with Crippen LogP contribution in [0.5, 0.6) is 0 Å². The molecule has 0 radical (unpaired) electrons. The summed E-state index contributed by atoms with van der Waals surface area (Å²) in [4.78, 5) is 15.1. The Balaban J connectivity index is 3.80. The minimum absolute atomic E-state index is 0.339. The molecule has 0 saturated carbocycles. The molecule has 2 N–H and O–H groups in total. The number of amides is 1. The van der Waals surface area contributed by atoms with Crippen molar-refractivity contribution in [1.29, 1.82) is 0 Å². The molecule has 0 spiro atoms. The van der Waals surface area contributed by atoms with Gasteiger partial charge in [0.25, 0.3) is 0 Å². The molecule has 3 nitrogen and oxygen atoms in total. The van der Waals surface area contributed by atoms with Crippen molar-refractivity contribution in [3.63, 3.8) is 0 Å². The van der Waals surface area contributed by atoms with Gasteiger partial charge in [0.2, 0.25) is 5.91 Å². The first-order valence-electron chi connectivity index (χ1n) is 20.5. The predicted molar refractivity (Wildman–Crippen MR) is 210 cm³/mol. The molecule has 5 heteroatoms. The van der Waals surface area contributed by atoms with Crippen molar-refractivity contribution in [3.05, 3.63) is 0 Å². The molecule has 0 aromatic heterocycles. The lowest BCUT2D eigenvalue weighted by molar-refractivity contribution is -0.128. The van der Waals surface area contributed by atoms with E-state index in [0.717, 1.165) is 18.8 Å². The summed E-state index contributed by atoms with van der Waals surface area (Å²) in [7, 11) is 3.43. The third kappa shape index (κ3) is 36.8. The highest BCUT2D eigenvalue weighted by Crippen LogP contribution is 2.21. The first-order chi connectivity index (χ1) is 22.3. The molecule has 0 aromatic carbocycles. The highest BCUT2D eigenvalue weighted by atomic mass is 33.1. The van der Waals surface area contributed by atoms with Crippen LogP contribution in [0, 0.1) is 0 Å². The van der Waals surface area contributed by atoms with Crippen LogP contribution in [0.3, 0.4) is 0 Å². The van der Waals surface area contributed by atoms with Crippen LogP contribution in [0.25, 0.3) is 0 Å². The molecule has 0 bridgehead atoms. The monoisotopic (exact) mass is 671 g/mol. The summed E-state index contributed by atoms with van der Waals surface area (Å²) in [5.74, 6) is 1.87. The molecule has 0 aliphatic carbocycles. The van der Waals surface area contributed by atoms with E-state index in [4.69, 9.17) is 5.73 Å². The summed E-state index contributed by atoms with van der Waals surface area (Å²) in [5.41, 5.74) is 5.62. The molecule has 45 heavy (non-hydrogen) atoms. The van der Waals surface area contributed by atoms with Gasteiger partial charge in [0.1, 0.15) is 0 Å². The first-order valence-corrected chi connectivity index (χ1v) is 23.0. The standard InChI is InChI=1S/C40H82N2OS2/c1-3-5-7-9-11-13-15-17-19-21-23-25-27-29-31-33-36-42(40(43)39-45-44-38-35-41)37-34-32-30-28-26-24-22-20-18-16-14-12-10-8-6-4-2/h3-39,41H2,1-2H3. The van der Waals surface area contributed by atoms with E-state index in [0.29, 0.717) is 18.2 Å². The zero-order chi connectivity index (χ0) is 32.7. The molecule has 0 unspecified atom stereocenters. The number of hydrogen-bond donors (Lipinski definition) is 1. The van der Waals surface area contributed by atoms with Crippen molar-refractivity contribution >= 4 is 27.5 Å². The van der Waals surface area contributed by atoms with Crippen molar-refractivity contribution in [3.8, 4) is 0 Å². The van der Waals surface area contributed by atoms with E-state index in [9.17, 15) is 4.79 Å². The van der Waals surface area contributed by atoms with Gasteiger partial charge in [-0.2, -0.15) is 0 Å². The summed E-state index contributed by atoms with van der Waals surface area (Å²) in [6.07, 6.45) is 44.6. The van der Waals surface area contributed by atoms with Gasteiger partial charge >= 0.3 is 0 Å². The largest absolute Gasteiger partial charge is 0.342 e. The van der Waals surface area contributed by atoms with Crippen LogP contribution in [-0.4, -0.2) is 41.9 Å². The summed E-state index contributed by atoms with van der Waals surface area (Å²) in [5, 5.41) is 0. The van der Waals surface area contributed by atoms with Crippen LogP contribution in [0.2, 0.25) is 0 Å². The molecule has 0 heterocycles. The van der Waals surface area contributed by atoms with Crippen LogP contribution in [0.4, 0.5) is 0 Å². The van der Waals surface area contributed by atoms with Crippen LogP contribution in [0.1, 0.15) is 219 Å². The zero-order valence-electron chi connectivity index (χ0n) is 30.9. The zero-order valence-corrected chi connectivity index (χ0v) is 32.5. The molecular formula is C40H82N2OS2. The van der Waals surface area contributed by atoms with E-state index in [1.807, 2.05) is 0 Å². The number of rotatable bonds is 39. The number of unbranched alkanes of at least 4 members (excludes halogenated alkanes) is 30. The lowest BCUT2D eigenvalue weighted by atomic mass is 10.0. The summed E-state index contributed by atoms with van der Waals surface area (Å²) >= 11 is 0. The van der Waals surface area contributed by atoms with Gasteiger partial charge in [0.05, 0.1) is 5.75 Å². The molecule has 1 amide bonds. The van der Waals surface area contributed by atoms with Gasteiger partial charge in [-0.15, -0.1) is 0 Å². The van der Waals surface area contributed by atoms with E-state index >= 15 is 0 Å². The maximum Gasteiger partial charge on any atom is 0.233 e. The van der Waals surface area contributed by atoms with Gasteiger partial charge < -0.3 is 10.6 Å². The fraction of sp³-hybridized carbons (Fsp3) is 0.975. The quantitative estimate of drug-likeness (QED) is 0.0522. The normalized spacial score (nSPS) is 11.4. The molecule has 0 fully saturated rings. The second-order valence-corrected chi connectivity index (χ2v) is 16.4. The Hall–Kier alpha value is 0.130. The number of hydrogen-bond acceptors (Lipinski definition) is 4. The summed E-state index contributed by atoms with van der Waals surface area (Å²) in [6, 6.07) is 0. The first kappa shape index (κ1) is 45.1. The lowest BCUT2D eigenvalue weighted by Gasteiger charge is -2.22. The maximum atomic E-state index is 12.9. The van der Waals surface area contributed by atoms with Gasteiger partial charge in [-0.05, 0) is 12.8 Å². The molecule has 0 aromatic rings. The maximum absolute atomic E-state index is 12.9. The average molecular weight is 671 g/mol. The third-order valence-electron chi connectivity index (χ3n) is 9.38. The molecule has 0 atom stereocenters. The number of carbonyl (C=O) groups is 1. The Morgan fingerprint density at radius 3 is 0.956 bits per heavy atom. The Kier molecular flexibility index (Phi) is 40.4. The molecule has 270 valence electrons. The Morgan fingerprint density at radius 2 is 0.689 bits per heavy atom. The van der Waals surface area contributed by atoms with E-state index in [1.165, 1.54) is 205 Å². The van der Waals surface area contributed by atoms with Crippen LogP contribution >= 0.6 is 21.6 Å². The minimum atomic E-state index is 0.339. The van der Waals surface area contributed by atoms with Crippen LogP contribution < -0.4 is 5.73 Å². The highest BCUT2D eigenvalue weighted by Gasteiger charge is 2.13. The lowest BCUT2D eigenvalue weighted by Crippen LogP contribution is -2.34. The van der Waals surface area contributed by atoms with E-state index in [1.54, 1.807) is 21.6 Å². The number of carbonyl (C=O) groups excluding carboxylic acids is 1. The van der Waals surface area contributed by atoms with Crippen LogP contribution in [-0.2, 0) is 4.79 Å². The van der Waals surface area contributed by atoms with E-state index < -0.39 is 0 Å². The third-order valence-corrected chi connectivity index (χ3v) is 11.7. The average Bonchev–Trinajstić information content (AvgIpc) is 3.05. The summed E-state index contributed by atoms with van der Waals surface area (Å²) in [6.45, 7) is 7.20. The Bertz CT molecular complexity index is 526. The Labute approximate surface area is 292 Å². The van der Waals surface area contributed by atoms with Crippen molar-refractivity contribution in [2.75, 3.05) is 31.1 Å². The second kappa shape index (κ2) is 40.3. The molecular weight excluding hydrogens is 589 g/mol. The topological polar surface area (TPSA) is 46.3 Å². The molecule has 0 aliphatic rings. The molecule has 0 aliphatic heterocycles. The minimum Gasteiger partial charge on any atom is -0.342 e. The van der Waals surface area contributed by atoms with Gasteiger partial charge in [-0.3, -0.25) is 4.79 Å². The fourth-order valence-electron chi connectivity index (χ4n) is 6.35. The SMILES string of the molecule is CCCCCCCCCCCCCCCCCCN(CCCCCCCCCCCCCCCCCC)C(=O)CSSCCN. The van der Waals surface area contributed by atoms with E-state index in [2.05, 4.69) is 18.7 Å². The number of nitrogens with two attached hydrogens (primary N) is 1. The predicted octanol–water partition coefficient (Wildman–Crippen LogP) is 13.7. The second-order valence-electron chi connectivity index (χ2n) is 13.9. The van der Waals surface area contributed by atoms with E-state index in [-0.39, 0.29) is 0 Å². The van der Waals surface area contributed by atoms with Crippen molar-refractivity contribution in [1.82, 2.24) is 4.90 Å². The van der Waals surface area contributed by atoms with Crippen molar-refractivity contribution in [2.24, 2.45) is 5.73 Å². The Morgan fingerprint density at radius 1 is 0.422 bits per heavy atom. The number of nitrogens with zero attached hydrogens (tertiary/aromatic N) is 1. The van der Waals surface area contributed by atoms with Crippen LogP contribution in [0.15, 0.2) is 0 Å².